The van der Waals surface area contributed by atoms with Gasteiger partial charge in [-0.25, -0.2) is 9.98 Å². The lowest BCUT2D eigenvalue weighted by Crippen LogP contribution is -2.24. The Morgan fingerprint density at radius 1 is 1.29 bits per heavy atom. The van der Waals surface area contributed by atoms with Crippen LogP contribution in [0.15, 0.2) is 11.3 Å². The summed E-state index contributed by atoms with van der Waals surface area (Å²) >= 11 is 0. The standard InChI is InChI=1S/C18H29N7O3/c1-3-5-7-24(8-6-4-2)11-20-17-16-18(22-23-21-17)25(12-19-16)15-9-13(27)14(10-26)28-15/h11-15,26-27H,3-10H2,1-2H3/t13-,14+,15+/m0/s1. The van der Waals surface area contributed by atoms with E-state index in [0.29, 0.717) is 23.4 Å². The van der Waals surface area contributed by atoms with E-state index >= 15 is 0 Å². The molecule has 154 valence electrons. The first kappa shape index (κ1) is 20.6. The molecule has 0 spiro atoms. The maximum atomic E-state index is 9.98. The fourth-order valence-electron chi connectivity index (χ4n) is 3.20. The largest absolute Gasteiger partial charge is 0.394 e. The molecule has 1 aliphatic heterocycles. The number of aliphatic hydroxyl groups excluding tert-OH is 2. The highest BCUT2D eigenvalue weighted by Crippen LogP contribution is 2.31. The number of nitrogens with zero attached hydrogens (tertiary/aromatic N) is 7. The van der Waals surface area contributed by atoms with Gasteiger partial charge >= 0.3 is 0 Å². The van der Waals surface area contributed by atoms with E-state index in [1.54, 1.807) is 10.9 Å². The van der Waals surface area contributed by atoms with E-state index in [2.05, 4.69) is 44.1 Å². The molecule has 0 radical (unpaired) electrons. The number of aliphatic imine (C=N–C) groups is 1. The van der Waals surface area contributed by atoms with Gasteiger partial charge in [-0.2, -0.15) is 0 Å². The Balaban J connectivity index is 1.80. The highest BCUT2D eigenvalue weighted by molar-refractivity contribution is 5.82. The van der Waals surface area contributed by atoms with Crippen LogP contribution in [0.3, 0.4) is 0 Å². The molecule has 0 aliphatic carbocycles. The molecule has 10 nitrogen and oxygen atoms in total. The predicted molar refractivity (Wildman–Crippen MR) is 104 cm³/mol. The summed E-state index contributed by atoms with van der Waals surface area (Å²) in [6.45, 7) is 6.00. The molecule has 2 aromatic rings. The van der Waals surface area contributed by atoms with Crippen molar-refractivity contribution in [2.24, 2.45) is 4.99 Å². The van der Waals surface area contributed by atoms with Gasteiger partial charge in [-0.3, -0.25) is 4.57 Å². The van der Waals surface area contributed by atoms with Crippen LogP contribution in [0.4, 0.5) is 5.82 Å². The summed E-state index contributed by atoms with van der Waals surface area (Å²) in [5.41, 5.74) is 1.02. The van der Waals surface area contributed by atoms with Crippen molar-refractivity contribution in [1.29, 1.82) is 0 Å². The molecule has 0 aromatic carbocycles. The summed E-state index contributed by atoms with van der Waals surface area (Å²) in [6, 6.07) is 0. The van der Waals surface area contributed by atoms with Gasteiger partial charge in [-0.1, -0.05) is 26.7 Å². The summed E-state index contributed by atoms with van der Waals surface area (Å²) in [7, 11) is 0. The molecule has 28 heavy (non-hydrogen) atoms. The fourth-order valence-corrected chi connectivity index (χ4v) is 3.20. The van der Waals surface area contributed by atoms with Crippen molar-refractivity contribution < 1.29 is 14.9 Å². The number of fused-ring (bicyclic) bond motifs is 1. The van der Waals surface area contributed by atoms with Crippen LogP contribution in [0.5, 0.6) is 0 Å². The highest BCUT2D eigenvalue weighted by atomic mass is 16.5. The highest BCUT2D eigenvalue weighted by Gasteiger charge is 2.35. The Kier molecular flexibility index (Phi) is 7.24. The summed E-state index contributed by atoms with van der Waals surface area (Å²) in [5.74, 6) is 0.402. The molecule has 3 rings (SSSR count). The van der Waals surface area contributed by atoms with Crippen molar-refractivity contribution in [3.8, 4) is 0 Å². The van der Waals surface area contributed by atoms with Crippen LogP contribution in [0.2, 0.25) is 0 Å². The minimum Gasteiger partial charge on any atom is -0.394 e. The van der Waals surface area contributed by atoms with E-state index in [9.17, 15) is 10.2 Å². The van der Waals surface area contributed by atoms with Crippen molar-refractivity contribution in [2.45, 2.75) is 64.4 Å². The van der Waals surface area contributed by atoms with Crippen LogP contribution in [0.1, 0.15) is 52.2 Å². The molecule has 2 N–H and O–H groups in total. The van der Waals surface area contributed by atoms with Crippen molar-refractivity contribution in [3.63, 3.8) is 0 Å². The second-order valence-corrected chi connectivity index (χ2v) is 7.04. The quantitative estimate of drug-likeness (QED) is 0.461. The van der Waals surface area contributed by atoms with Crippen LogP contribution in [0.25, 0.3) is 11.2 Å². The molecule has 1 aliphatic rings. The number of unbranched alkanes of at least 4 members (excludes halogenated alkanes) is 2. The van der Waals surface area contributed by atoms with Gasteiger partial charge in [0.2, 0.25) is 5.82 Å². The molecule has 10 heteroatoms. The van der Waals surface area contributed by atoms with Gasteiger partial charge in [-0.15, -0.1) is 10.2 Å². The lowest BCUT2D eigenvalue weighted by Gasteiger charge is -2.18. The molecule has 0 bridgehead atoms. The molecule has 0 amide bonds. The van der Waals surface area contributed by atoms with Gasteiger partial charge in [0, 0.05) is 19.5 Å². The smallest absolute Gasteiger partial charge is 0.207 e. The van der Waals surface area contributed by atoms with Gasteiger partial charge < -0.3 is 19.8 Å². The Morgan fingerprint density at radius 3 is 2.68 bits per heavy atom. The molecule has 0 saturated carbocycles. The summed E-state index contributed by atoms with van der Waals surface area (Å²) < 4.78 is 7.39. The van der Waals surface area contributed by atoms with Crippen LogP contribution >= 0.6 is 0 Å². The summed E-state index contributed by atoms with van der Waals surface area (Å²) in [4.78, 5) is 11.1. The number of imidazole rings is 1. The molecular weight excluding hydrogens is 362 g/mol. The first-order valence-electron chi connectivity index (χ1n) is 9.96. The van der Waals surface area contributed by atoms with E-state index in [-0.39, 0.29) is 6.61 Å². The molecule has 2 aromatic heterocycles. The SMILES string of the molecule is CCCCN(C=Nc1nnnc2c1ncn2[C@H]1C[C@H](O)[C@@H](CO)O1)CCCC. The first-order chi connectivity index (χ1) is 13.7. The van der Waals surface area contributed by atoms with Crippen LogP contribution < -0.4 is 0 Å². The molecular formula is C18H29N7O3. The predicted octanol–water partition coefficient (Wildman–Crippen LogP) is 1.42. The Labute approximate surface area is 164 Å². The number of aliphatic hydroxyl groups is 2. The van der Waals surface area contributed by atoms with E-state index in [4.69, 9.17) is 4.74 Å². The average Bonchev–Trinajstić information content (AvgIpc) is 3.30. The lowest BCUT2D eigenvalue weighted by molar-refractivity contribution is -0.0432. The molecule has 1 saturated heterocycles. The van der Waals surface area contributed by atoms with Gasteiger partial charge in [0.15, 0.2) is 11.2 Å². The summed E-state index contributed by atoms with van der Waals surface area (Å²) in [5, 5.41) is 31.2. The Bertz CT molecular complexity index is 774. The van der Waals surface area contributed by atoms with Gasteiger partial charge in [-0.05, 0) is 18.1 Å². The maximum Gasteiger partial charge on any atom is 0.207 e. The monoisotopic (exact) mass is 391 g/mol. The second-order valence-electron chi connectivity index (χ2n) is 7.04. The molecule has 0 unspecified atom stereocenters. The Hall–Kier alpha value is -2.17. The minimum atomic E-state index is -0.731. The zero-order chi connectivity index (χ0) is 19.9. The van der Waals surface area contributed by atoms with Crippen LogP contribution in [-0.2, 0) is 4.74 Å². The average molecular weight is 391 g/mol. The fraction of sp³-hybridized carbons (Fsp3) is 0.722. The zero-order valence-electron chi connectivity index (χ0n) is 16.5. The molecule has 1 fully saturated rings. The third kappa shape index (κ3) is 4.62. The number of hydrogen-bond donors (Lipinski definition) is 2. The van der Waals surface area contributed by atoms with Crippen molar-refractivity contribution in [3.05, 3.63) is 6.33 Å². The third-order valence-corrected chi connectivity index (χ3v) is 4.89. The lowest BCUT2D eigenvalue weighted by atomic mass is 10.2. The van der Waals surface area contributed by atoms with Crippen molar-refractivity contribution in [2.75, 3.05) is 19.7 Å². The van der Waals surface area contributed by atoms with Gasteiger partial charge in [0.25, 0.3) is 0 Å². The number of ether oxygens (including phenoxy) is 1. The third-order valence-electron chi connectivity index (χ3n) is 4.89. The topological polar surface area (TPSA) is 122 Å². The first-order valence-corrected chi connectivity index (χ1v) is 9.96. The summed E-state index contributed by atoms with van der Waals surface area (Å²) in [6.07, 6.45) is 6.41. The van der Waals surface area contributed by atoms with Crippen molar-refractivity contribution in [1.82, 2.24) is 29.9 Å². The van der Waals surface area contributed by atoms with Crippen LogP contribution in [-0.4, -0.2) is 78.3 Å². The maximum absolute atomic E-state index is 9.98. The number of hydrogen-bond acceptors (Lipinski definition) is 8. The second kappa shape index (κ2) is 9.85. The number of rotatable bonds is 10. The van der Waals surface area contributed by atoms with Crippen molar-refractivity contribution >= 4 is 23.3 Å². The van der Waals surface area contributed by atoms with E-state index < -0.39 is 18.4 Å². The van der Waals surface area contributed by atoms with E-state index in [1.807, 2.05) is 6.34 Å². The normalized spacial score (nSPS) is 22.5. The van der Waals surface area contributed by atoms with Crippen LogP contribution in [0, 0.1) is 0 Å². The van der Waals surface area contributed by atoms with E-state index in [0.717, 1.165) is 38.8 Å². The number of aromatic nitrogens is 5. The van der Waals surface area contributed by atoms with E-state index in [1.165, 1.54) is 0 Å². The molecule has 3 heterocycles. The molecule has 3 atom stereocenters. The van der Waals surface area contributed by atoms with Gasteiger partial charge in [0.1, 0.15) is 12.3 Å². The van der Waals surface area contributed by atoms with Gasteiger partial charge in [0.05, 0.1) is 25.4 Å². The zero-order valence-corrected chi connectivity index (χ0v) is 16.5. The Morgan fingerprint density at radius 2 is 2.04 bits per heavy atom. The minimum absolute atomic E-state index is 0.238.